The van der Waals surface area contributed by atoms with Crippen molar-refractivity contribution in [1.29, 1.82) is 0 Å². The molecule has 0 spiro atoms. The number of nitrogens with zero attached hydrogens (tertiary/aromatic N) is 4. The third-order valence-electron chi connectivity index (χ3n) is 11.5. The second-order valence-corrected chi connectivity index (χ2v) is 20.2. The molecule has 2 aromatic heterocycles. The van der Waals surface area contributed by atoms with Crippen molar-refractivity contribution in [1.82, 2.24) is 9.55 Å². The van der Waals surface area contributed by atoms with Crippen molar-refractivity contribution in [3.8, 4) is 17.3 Å². The first kappa shape index (κ1) is 45.4. The van der Waals surface area contributed by atoms with Crippen LogP contribution in [0, 0.1) is 19.6 Å². The number of ether oxygens (including phenoxy) is 1. The van der Waals surface area contributed by atoms with Crippen molar-refractivity contribution in [2.24, 2.45) is 0 Å². The Bertz CT molecular complexity index is 2680. The first-order valence-corrected chi connectivity index (χ1v) is 20.9. The zero-order valence-electron chi connectivity index (χ0n) is 38.3. The van der Waals surface area contributed by atoms with Gasteiger partial charge >= 0.3 is 0 Å². The molecule has 0 amide bonds. The molecule has 7 aromatic rings. The number of benzene rings is 5. The first-order valence-electron chi connectivity index (χ1n) is 20.9. The summed E-state index contributed by atoms with van der Waals surface area (Å²) in [5.74, 6) is 2.14. The summed E-state index contributed by atoms with van der Waals surface area (Å²) in [6, 6.07) is 46.6. The number of para-hydroxylation sites is 1. The molecular formula is C55H61N4OPt-3. The van der Waals surface area contributed by atoms with Gasteiger partial charge in [0, 0.05) is 56.2 Å². The minimum absolute atomic E-state index is 0. The van der Waals surface area contributed by atoms with Crippen molar-refractivity contribution in [2.45, 2.75) is 105 Å². The van der Waals surface area contributed by atoms with Gasteiger partial charge in [-0.2, -0.15) is 6.07 Å². The van der Waals surface area contributed by atoms with Crippen LogP contribution in [0.15, 0.2) is 122 Å². The minimum Gasteiger partial charge on any atom is -0.509 e. The average Bonchev–Trinajstić information content (AvgIpc) is 3.77. The van der Waals surface area contributed by atoms with E-state index in [-0.39, 0.29) is 50.2 Å². The van der Waals surface area contributed by atoms with Gasteiger partial charge in [-0.3, -0.25) is 0 Å². The maximum Gasteiger partial charge on any atom is 0.135 e. The molecule has 0 fully saturated rings. The van der Waals surface area contributed by atoms with Crippen LogP contribution in [0.4, 0.5) is 11.4 Å². The Hall–Kier alpha value is -5.12. The molecule has 320 valence electrons. The van der Waals surface area contributed by atoms with Crippen LogP contribution >= 0.6 is 0 Å². The topological polar surface area (TPSA) is 33.5 Å². The summed E-state index contributed by atoms with van der Waals surface area (Å²) < 4.78 is 9.02. The van der Waals surface area contributed by atoms with Crippen molar-refractivity contribution in [2.75, 3.05) is 16.5 Å². The van der Waals surface area contributed by atoms with Gasteiger partial charge in [-0.25, -0.2) is 4.98 Å². The standard InChI is InChI=1S/C54H58N4O.CH3.Pt/c1-51(2,3)37-24-25-55-50(31-37)58-47-21-17-16-20-45(47)46-23-22-43(33-48(46)58)59-44-30-40(54(10,11)12)27-41(32-44)56-34-49(36-18-14-13-15-19-36)57(35-56)42-28-38(52(4,5)6)26-39(29-42)53(7,8)9;;/h13-31,34H,35H2,1-12H3;1H3;/q-2;-1;. The summed E-state index contributed by atoms with van der Waals surface area (Å²) in [5.41, 5.74) is 11.3. The Kier molecular flexibility index (Phi) is 12.4. The molecule has 5 nitrogen and oxygen atoms in total. The molecule has 5 aromatic carbocycles. The van der Waals surface area contributed by atoms with Gasteiger partial charge in [0.1, 0.15) is 5.82 Å². The second-order valence-electron chi connectivity index (χ2n) is 20.2. The molecule has 6 heteroatoms. The normalized spacial score (nSPS) is 13.6. The number of aromatic nitrogens is 2. The maximum atomic E-state index is 6.81. The molecule has 1 aliphatic heterocycles. The third-order valence-corrected chi connectivity index (χ3v) is 11.5. The minimum atomic E-state index is -0.139. The number of pyridine rings is 1. The van der Waals surface area contributed by atoms with Gasteiger partial charge in [0.05, 0.1) is 12.4 Å². The Morgan fingerprint density at radius 1 is 0.574 bits per heavy atom. The predicted molar refractivity (Wildman–Crippen MR) is 255 cm³/mol. The van der Waals surface area contributed by atoms with E-state index in [0.717, 1.165) is 50.1 Å². The van der Waals surface area contributed by atoms with Gasteiger partial charge in [-0.05, 0) is 79.6 Å². The summed E-state index contributed by atoms with van der Waals surface area (Å²) in [7, 11) is 0. The summed E-state index contributed by atoms with van der Waals surface area (Å²) in [4.78, 5) is 9.63. The van der Waals surface area contributed by atoms with Crippen LogP contribution in [0.2, 0.25) is 0 Å². The zero-order chi connectivity index (χ0) is 42.1. The number of anilines is 2. The van der Waals surface area contributed by atoms with Crippen LogP contribution in [0.5, 0.6) is 11.5 Å². The fourth-order valence-electron chi connectivity index (χ4n) is 7.79. The van der Waals surface area contributed by atoms with Gasteiger partial charge < -0.3 is 26.5 Å². The summed E-state index contributed by atoms with van der Waals surface area (Å²) in [5, 5.41) is 2.25. The van der Waals surface area contributed by atoms with E-state index in [9.17, 15) is 0 Å². The number of rotatable bonds is 6. The van der Waals surface area contributed by atoms with Gasteiger partial charge in [0.15, 0.2) is 0 Å². The van der Waals surface area contributed by atoms with Gasteiger partial charge in [0.25, 0.3) is 0 Å². The monoisotopic (exact) mass is 988 g/mol. The van der Waals surface area contributed by atoms with E-state index >= 15 is 0 Å². The number of hydrogen-bond acceptors (Lipinski definition) is 4. The Morgan fingerprint density at radius 3 is 1.82 bits per heavy atom. The second kappa shape index (κ2) is 16.6. The Labute approximate surface area is 379 Å². The maximum absolute atomic E-state index is 6.81. The fraction of sp³-hybridized carbons (Fsp3) is 0.309. The molecule has 0 saturated carbocycles. The van der Waals surface area contributed by atoms with Crippen molar-refractivity contribution in [3.63, 3.8) is 0 Å². The van der Waals surface area contributed by atoms with Crippen LogP contribution in [-0.4, -0.2) is 16.2 Å². The van der Waals surface area contributed by atoms with Gasteiger partial charge in [-0.15, -0.1) is 41.3 Å². The Balaban J connectivity index is 0.00000311. The molecule has 0 radical (unpaired) electrons. The summed E-state index contributed by atoms with van der Waals surface area (Å²) in [6.07, 6.45) is 4.18. The van der Waals surface area contributed by atoms with E-state index in [2.05, 4.69) is 219 Å². The van der Waals surface area contributed by atoms with Crippen molar-refractivity contribution >= 4 is 38.9 Å². The molecule has 0 aliphatic carbocycles. The molecule has 61 heavy (non-hydrogen) atoms. The van der Waals surface area contributed by atoms with E-state index in [1.165, 1.54) is 22.4 Å². The van der Waals surface area contributed by atoms with E-state index in [4.69, 9.17) is 9.72 Å². The van der Waals surface area contributed by atoms with Crippen LogP contribution in [-0.2, 0) is 42.7 Å². The Morgan fingerprint density at radius 2 is 1.18 bits per heavy atom. The molecule has 8 rings (SSSR count). The van der Waals surface area contributed by atoms with Gasteiger partial charge in [-0.1, -0.05) is 149 Å². The van der Waals surface area contributed by atoms with Crippen LogP contribution in [0.3, 0.4) is 0 Å². The molecule has 0 N–H and O–H groups in total. The summed E-state index contributed by atoms with van der Waals surface area (Å²) in [6.45, 7) is 27.9. The molecule has 0 atom stereocenters. The van der Waals surface area contributed by atoms with E-state index in [1.807, 2.05) is 12.3 Å². The number of fused-ring (bicyclic) bond motifs is 3. The first-order chi connectivity index (χ1) is 27.7. The predicted octanol–water partition coefficient (Wildman–Crippen LogP) is 14.5. The largest absolute Gasteiger partial charge is 0.509 e. The molecule has 3 heterocycles. The third kappa shape index (κ3) is 9.24. The van der Waals surface area contributed by atoms with Crippen molar-refractivity contribution in [3.05, 3.63) is 169 Å². The fourth-order valence-corrected chi connectivity index (χ4v) is 7.79. The molecular weight excluding hydrogens is 928 g/mol. The zero-order valence-corrected chi connectivity index (χ0v) is 40.5. The number of hydrogen-bond donors (Lipinski definition) is 0. The SMILES string of the molecule is CC(C)(C)c1cc(Oc2[c-]c3c(cc2)c2ccccc2n3-c2cc(C(C)(C)C)ccn2)[c-]c(N2C=C(c3ccccc3)N(c3cc(C(C)(C)C)cc(C(C)(C)C)c3)C2)c1.[CH3-].[Pt]. The van der Waals surface area contributed by atoms with E-state index < -0.39 is 0 Å². The quantitative estimate of drug-likeness (QED) is 0.156. The van der Waals surface area contributed by atoms with E-state index in [1.54, 1.807) is 0 Å². The molecule has 1 aliphatic rings. The van der Waals surface area contributed by atoms with Crippen LogP contribution in [0.1, 0.15) is 111 Å². The summed E-state index contributed by atoms with van der Waals surface area (Å²) >= 11 is 0. The molecule has 0 unspecified atom stereocenters. The van der Waals surface area contributed by atoms with Gasteiger partial charge in [0.2, 0.25) is 0 Å². The molecule has 0 saturated heterocycles. The van der Waals surface area contributed by atoms with Crippen LogP contribution < -0.4 is 14.5 Å². The average molecular weight is 989 g/mol. The van der Waals surface area contributed by atoms with E-state index in [0.29, 0.717) is 18.2 Å². The molecule has 0 bridgehead atoms. The van der Waals surface area contributed by atoms with Crippen molar-refractivity contribution < 1.29 is 25.8 Å². The van der Waals surface area contributed by atoms with Crippen LogP contribution in [0.25, 0.3) is 33.3 Å². The smallest absolute Gasteiger partial charge is 0.135 e.